The Kier molecular flexibility index (Phi) is 8.68. The molecule has 0 spiro atoms. The number of rotatable bonds is 3. The van der Waals surface area contributed by atoms with E-state index in [2.05, 4.69) is 31.9 Å². The molecule has 0 fully saturated rings. The summed E-state index contributed by atoms with van der Waals surface area (Å²) in [7, 11) is 0. The Bertz CT molecular complexity index is 1680. The highest BCUT2D eigenvalue weighted by atomic mass is 79.9. The number of nitrogens with zero attached hydrogens (tertiary/aromatic N) is 1. The average Bonchev–Trinajstić information content (AvgIpc) is 2.89. The van der Waals surface area contributed by atoms with Crippen LogP contribution in [0.3, 0.4) is 0 Å². The van der Waals surface area contributed by atoms with E-state index in [1.165, 1.54) is 10.6 Å². The number of aromatic nitrogens is 1. The molecule has 1 aliphatic carbocycles. The molecule has 0 radical (unpaired) electrons. The molecule has 4 aromatic rings. The van der Waals surface area contributed by atoms with Crippen molar-refractivity contribution in [2.45, 2.75) is 30.9 Å². The van der Waals surface area contributed by atoms with Crippen molar-refractivity contribution in [2.75, 3.05) is 0 Å². The number of hydrogen-bond acceptors (Lipinski definition) is 3. The Hall–Kier alpha value is -3.22. The van der Waals surface area contributed by atoms with E-state index in [9.17, 15) is 41.0 Å². The lowest BCUT2D eigenvalue weighted by molar-refractivity contribution is -0.376. The second-order valence-electron chi connectivity index (χ2n) is 9.18. The van der Waals surface area contributed by atoms with Crippen molar-refractivity contribution in [3.05, 3.63) is 120 Å². The van der Waals surface area contributed by atoms with Gasteiger partial charge in [0.2, 0.25) is 0 Å². The number of pyridine rings is 1. The van der Waals surface area contributed by atoms with Crippen LogP contribution in [0.25, 0.3) is 17.0 Å². The fraction of sp³-hybridized carbons (Fsp3) is 0.172. The third-order valence-corrected chi connectivity index (χ3v) is 7.39. The van der Waals surface area contributed by atoms with Crippen molar-refractivity contribution in [2.24, 2.45) is 0 Å². The van der Waals surface area contributed by atoms with E-state index < -0.39 is 23.5 Å². The third-order valence-electron chi connectivity index (χ3n) is 6.41. The summed E-state index contributed by atoms with van der Waals surface area (Å²) in [6.07, 6.45) is -7.86. The fourth-order valence-electron chi connectivity index (χ4n) is 4.27. The number of fused-ring (bicyclic) bond motifs is 2. The average molecular weight is 703 g/mol. The van der Waals surface area contributed by atoms with Gasteiger partial charge in [-0.15, -0.1) is 0 Å². The Labute approximate surface area is 246 Å². The van der Waals surface area contributed by atoms with Crippen molar-refractivity contribution in [3.8, 4) is 0 Å². The molecule has 0 amide bonds. The van der Waals surface area contributed by atoms with Crippen LogP contribution in [0.2, 0.25) is 0 Å². The van der Waals surface area contributed by atoms with E-state index >= 15 is 0 Å². The first kappa shape index (κ1) is 30.7. The van der Waals surface area contributed by atoms with Gasteiger partial charge < -0.3 is 9.67 Å². The van der Waals surface area contributed by atoms with Crippen LogP contribution in [0.5, 0.6) is 0 Å². The minimum absolute atomic E-state index is 0.0749. The predicted molar refractivity (Wildman–Crippen MR) is 149 cm³/mol. The van der Waals surface area contributed by atoms with Crippen LogP contribution in [-0.2, 0) is 23.4 Å². The molecule has 0 unspecified atom stereocenters. The number of aliphatic hydroxyl groups is 1. The van der Waals surface area contributed by atoms with E-state index in [0.717, 1.165) is 37.6 Å². The molecule has 0 saturated heterocycles. The van der Waals surface area contributed by atoms with Gasteiger partial charge in [0, 0.05) is 27.0 Å². The minimum atomic E-state index is -5.95. The monoisotopic (exact) mass is 701 g/mol. The highest BCUT2D eigenvalue weighted by molar-refractivity contribution is 9.10. The number of allylic oxidation sites excluding steroid dienone is 1. The second kappa shape index (κ2) is 11.6. The van der Waals surface area contributed by atoms with Crippen LogP contribution in [0.1, 0.15) is 22.3 Å². The first-order valence-corrected chi connectivity index (χ1v) is 13.4. The lowest BCUT2D eigenvalue weighted by Gasteiger charge is -2.32. The smallest absolute Gasteiger partial charge is 0.369 e. The molecule has 214 valence electrons. The second-order valence-corrected chi connectivity index (χ2v) is 11.0. The third kappa shape index (κ3) is 6.49. The molecule has 1 aliphatic rings. The maximum absolute atomic E-state index is 13.0. The largest absolute Gasteiger partial charge is 0.430 e. The van der Waals surface area contributed by atoms with Crippen molar-refractivity contribution >= 4 is 54.6 Å². The van der Waals surface area contributed by atoms with E-state index in [1.54, 1.807) is 30.3 Å². The van der Waals surface area contributed by atoms with E-state index in [0.29, 0.717) is 24.1 Å². The predicted octanol–water partition coefficient (Wildman–Crippen LogP) is 7.71. The van der Waals surface area contributed by atoms with E-state index in [-0.39, 0.29) is 23.5 Å². The number of carbonyl (C=O) groups is 1. The molecular weight excluding hydrogens is 684 g/mol. The number of benzene rings is 3. The van der Waals surface area contributed by atoms with Crippen molar-refractivity contribution in [1.82, 2.24) is 4.57 Å². The van der Waals surface area contributed by atoms with E-state index in [1.807, 2.05) is 24.3 Å². The highest BCUT2D eigenvalue weighted by Crippen LogP contribution is 2.50. The fourth-order valence-corrected chi connectivity index (χ4v) is 5.03. The summed E-state index contributed by atoms with van der Waals surface area (Å²) in [5.74, 6) is 0.185. The number of ketones is 1. The Morgan fingerprint density at radius 2 is 1.37 bits per heavy atom. The van der Waals surface area contributed by atoms with Crippen molar-refractivity contribution in [1.29, 1.82) is 0 Å². The van der Waals surface area contributed by atoms with Gasteiger partial charge >= 0.3 is 12.4 Å². The van der Waals surface area contributed by atoms with Crippen LogP contribution in [0.4, 0.5) is 26.3 Å². The SMILES string of the molecule is O=C1C=Cc2cc(Br)ccc2C1.O=c1ccc2cc(Br)ccc2n1Cc1ccc(C(O)(C(F)(F)F)C(F)(F)F)cc1. The zero-order chi connectivity index (χ0) is 30.2. The van der Waals surface area contributed by atoms with Crippen molar-refractivity contribution < 1.29 is 36.2 Å². The number of halogens is 8. The molecular formula is C29H19Br2F6NO3. The van der Waals surface area contributed by atoms with Gasteiger partial charge in [-0.25, -0.2) is 0 Å². The summed E-state index contributed by atoms with van der Waals surface area (Å²) in [5.41, 5.74) is -3.62. The molecule has 1 heterocycles. The molecule has 41 heavy (non-hydrogen) atoms. The molecule has 0 saturated carbocycles. The van der Waals surface area contributed by atoms with Crippen LogP contribution in [-0.4, -0.2) is 27.8 Å². The zero-order valence-corrected chi connectivity index (χ0v) is 23.9. The maximum Gasteiger partial charge on any atom is 0.430 e. The van der Waals surface area contributed by atoms with Crippen LogP contribution < -0.4 is 5.56 Å². The summed E-state index contributed by atoms with van der Waals surface area (Å²) >= 11 is 6.69. The Balaban J connectivity index is 0.000000267. The molecule has 4 nitrogen and oxygen atoms in total. The number of alkyl halides is 6. The standard InChI is InChI=1S/C19H12BrF6NO2.C10H7BrO/c20-14-6-7-15-12(9-14)3-8-16(28)27(15)10-11-1-4-13(5-2-11)17(29,18(21,22)23)19(24,25)26;11-9-3-1-8-6-10(12)4-2-7(8)5-9/h1-9,29H,10H2;1-5H,6H2. The maximum atomic E-state index is 13.0. The molecule has 0 aliphatic heterocycles. The van der Waals surface area contributed by atoms with Gasteiger partial charge in [-0.2, -0.15) is 26.3 Å². The van der Waals surface area contributed by atoms with Gasteiger partial charge in [0.05, 0.1) is 12.1 Å². The molecule has 5 rings (SSSR count). The lowest BCUT2D eigenvalue weighted by atomic mass is 9.91. The molecule has 0 bridgehead atoms. The van der Waals surface area contributed by atoms with Crippen LogP contribution in [0.15, 0.2) is 92.6 Å². The summed E-state index contributed by atoms with van der Waals surface area (Å²) < 4.78 is 81.0. The van der Waals surface area contributed by atoms with Crippen molar-refractivity contribution in [3.63, 3.8) is 0 Å². The van der Waals surface area contributed by atoms with Gasteiger partial charge in [-0.05, 0) is 64.6 Å². The first-order chi connectivity index (χ1) is 19.1. The lowest BCUT2D eigenvalue weighted by Crippen LogP contribution is -2.53. The van der Waals surface area contributed by atoms with Crippen LogP contribution in [0, 0.1) is 0 Å². The summed E-state index contributed by atoms with van der Waals surface area (Å²) in [5, 5.41) is 10.2. The molecule has 1 aromatic heterocycles. The van der Waals surface area contributed by atoms with Crippen LogP contribution >= 0.6 is 31.9 Å². The Morgan fingerprint density at radius 1 is 0.756 bits per heavy atom. The molecule has 1 N–H and O–H groups in total. The molecule has 0 atom stereocenters. The van der Waals surface area contributed by atoms with Gasteiger partial charge in [-0.3, -0.25) is 9.59 Å². The van der Waals surface area contributed by atoms with Gasteiger partial charge in [0.1, 0.15) is 0 Å². The number of carbonyl (C=O) groups excluding carboxylic acids is 1. The van der Waals surface area contributed by atoms with Gasteiger partial charge in [0.25, 0.3) is 11.2 Å². The summed E-state index contributed by atoms with van der Waals surface area (Å²) in [4.78, 5) is 23.2. The first-order valence-electron chi connectivity index (χ1n) is 11.8. The topological polar surface area (TPSA) is 59.3 Å². The Morgan fingerprint density at radius 3 is 2.00 bits per heavy atom. The molecule has 12 heteroatoms. The van der Waals surface area contributed by atoms with Gasteiger partial charge in [0.15, 0.2) is 5.78 Å². The van der Waals surface area contributed by atoms with Gasteiger partial charge in [-0.1, -0.05) is 68.3 Å². The summed E-state index contributed by atoms with van der Waals surface area (Å²) in [6, 6.07) is 17.2. The minimum Gasteiger partial charge on any atom is -0.369 e. The zero-order valence-electron chi connectivity index (χ0n) is 20.7. The van der Waals surface area contributed by atoms with E-state index in [4.69, 9.17) is 0 Å². The quantitative estimate of drug-likeness (QED) is 0.223. The normalized spacial score (nSPS) is 13.5. The number of hydrogen-bond donors (Lipinski definition) is 1. The molecule has 3 aromatic carbocycles. The highest BCUT2D eigenvalue weighted by Gasteiger charge is 2.71. The summed E-state index contributed by atoms with van der Waals surface area (Å²) in [6.45, 7) is -0.0749.